The number of hydrazine groups is 1. The van der Waals surface area contributed by atoms with E-state index in [4.69, 9.17) is 11.6 Å². The third kappa shape index (κ3) is 2.63. The van der Waals surface area contributed by atoms with Crippen molar-refractivity contribution in [3.8, 4) is 0 Å². The normalized spacial score (nSPS) is 12.8. The van der Waals surface area contributed by atoms with Gasteiger partial charge in [0.25, 0.3) is 0 Å². The van der Waals surface area contributed by atoms with E-state index >= 15 is 0 Å². The molecule has 1 N–H and O–H groups in total. The minimum Gasteiger partial charge on any atom is -0.292 e. The van der Waals surface area contributed by atoms with Gasteiger partial charge in [-0.3, -0.25) is 10.2 Å². The Balaban J connectivity index is 1.84. The predicted molar refractivity (Wildman–Crippen MR) is 82.1 cm³/mol. The molecule has 20 heavy (non-hydrogen) atoms. The second-order valence-electron chi connectivity index (χ2n) is 4.90. The van der Waals surface area contributed by atoms with Crippen LogP contribution in [0, 0.1) is 0 Å². The fraction of sp³-hybridized carbons (Fsp3) is 0.188. The molecule has 0 fully saturated rings. The third-order valence-corrected chi connectivity index (χ3v) is 3.77. The molecular formula is C16H15ClN2O. The van der Waals surface area contributed by atoms with Crippen LogP contribution in [0.1, 0.15) is 17.5 Å². The van der Waals surface area contributed by atoms with Crippen molar-refractivity contribution < 1.29 is 4.79 Å². The summed E-state index contributed by atoms with van der Waals surface area (Å²) in [4.78, 5) is 11.3. The van der Waals surface area contributed by atoms with Crippen LogP contribution in [0.15, 0.2) is 42.5 Å². The molecule has 0 saturated carbocycles. The molecule has 0 unspecified atom stereocenters. The Morgan fingerprint density at radius 2 is 1.95 bits per heavy atom. The molecule has 1 aliphatic carbocycles. The Morgan fingerprint density at radius 1 is 1.10 bits per heavy atom. The maximum atomic E-state index is 11.3. The second kappa shape index (κ2) is 5.55. The summed E-state index contributed by atoms with van der Waals surface area (Å²) in [5, 5.41) is 2.11. The van der Waals surface area contributed by atoms with Gasteiger partial charge in [-0.2, -0.15) is 0 Å². The quantitative estimate of drug-likeness (QED) is 0.684. The van der Waals surface area contributed by atoms with E-state index in [0.717, 1.165) is 30.6 Å². The van der Waals surface area contributed by atoms with Gasteiger partial charge in [0.15, 0.2) is 0 Å². The summed E-state index contributed by atoms with van der Waals surface area (Å²) in [5.41, 5.74) is 7.41. The third-order valence-electron chi connectivity index (χ3n) is 3.54. The number of halogens is 1. The first kappa shape index (κ1) is 13.0. The summed E-state index contributed by atoms with van der Waals surface area (Å²) < 4.78 is 0. The van der Waals surface area contributed by atoms with Crippen LogP contribution in [-0.4, -0.2) is 6.41 Å². The largest absolute Gasteiger partial charge is 0.292 e. The molecule has 102 valence electrons. The molecule has 0 heterocycles. The van der Waals surface area contributed by atoms with Crippen LogP contribution < -0.4 is 10.4 Å². The molecular weight excluding hydrogens is 272 g/mol. The van der Waals surface area contributed by atoms with Gasteiger partial charge >= 0.3 is 0 Å². The SMILES string of the molecule is O=CN(Nc1cccc(Cl)c1)c1ccc2c(c1)CCC2. The number of fused-ring (bicyclic) bond motifs is 1. The van der Waals surface area contributed by atoms with Crippen molar-refractivity contribution >= 4 is 29.4 Å². The van der Waals surface area contributed by atoms with Gasteiger partial charge in [0.2, 0.25) is 6.41 Å². The predicted octanol–water partition coefficient (Wildman–Crippen LogP) is 3.82. The lowest BCUT2D eigenvalue weighted by Crippen LogP contribution is -2.28. The molecule has 0 saturated heterocycles. The monoisotopic (exact) mass is 286 g/mol. The van der Waals surface area contributed by atoms with Gasteiger partial charge in [0.05, 0.1) is 11.4 Å². The molecule has 0 aliphatic heterocycles. The molecule has 1 amide bonds. The first-order valence-corrected chi connectivity index (χ1v) is 7.02. The molecule has 0 aromatic heterocycles. The molecule has 3 rings (SSSR count). The highest BCUT2D eigenvalue weighted by molar-refractivity contribution is 6.30. The van der Waals surface area contributed by atoms with Crippen LogP contribution in [0.2, 0.25) is 5.02 Å². The zero-order chi connectivity index (χ0) is 13.9. The first-order chi connectivity index (χ1) is 9.76. The highest BCUT2D eigenvalue weighted by atomic mass is 35.5. The van der Waals surface area contributed by atoms with E-state index in [-0.39, 0.29) is 0 Å². The lowest BCUT2D eigenvalue weighted by molar-refractivity contribution is -0.107. The maximum absolute atomic E-state index is 11.3. The lowest BCUT2D eigenvalue weighted by atomic mass is 10.1. The molecule has 0 spiro atoms. The smallest absolute Gasteiger partial charge is 0.232 e. The summed E-state index contributed by atoms with van der Waals surface area (Å²) in [7, 11) is 0. The Labute approximate surface area is 123 Å². The van der Waals surface area contributed by atoms with Crippen molar-refractivity contribution in [3.63, 3.8) is 0 Å². The van der Waals surface area contributed by atoms with E-state index in [1.165, 1.54) is 22.6 Å². The van der Waals surface area contributed by atoms with Crippen molar-refractivity contribution in [1.82, 2.24) is 0 Å². The van der Waals surface area contributed by atoms with Crippen LogP contribution in [0.25, 0.3) is 0 Å². The number of hydrogen-bond acceptors (Lipinski definition) is 2. The van der Waals surface area contributed by atoms with Gasteiger partial charge in [-0.1, -0.05) is 23.7 Å². The minimum absolute atomic E-state index is 0.634. The molecule has 4 heteroatoms. The van der Waals surface area contributed by atoms with Crippen molar-refractivity contribution in [2.45, 2.75) is 19.3 Å². The highest BCUT2D eigenvalue weighted by Gasteiger charge is 2.13. The molecule has 2 aromatic carbocycles. The summed E-state index contributed by atoms with van der Waals surface area (Å²) in [6.45, 7) is 0. The van der Waals surface area contributed by atoms with E-state index < -0.39 is 0 Å². The minimum atomic E-state index is 0.634. The van der Waals surface area contributed by atoms with Gasteiger partial charge in [-0.15, -0.1) is 0 Å². The standard InChI is InChI=1S/C16H15ClN2O/c17-14-5-2-6-15(10-14)18-19(11-20)16-8-7-12-3-1-4-13(12)9-16/h2,5-11,18H,1,3-4H2. The van der Waals surface area contributed by atoms with Crippen molar-refractivity contribution in [2.24, 2.45) is 0 Å². The van der Waals surface area contributed by atoms with E-state index in [1.807, 2.05) is 18.2 Å². The van der Waals surface area contributed by atoms with Crippen LogP contribution in [0.5, 0.6) is 0 Å². The number of carbonyl (C=O) groups is 1. The number of nitrogens with zero attached hydrogens (tertiary/aromatic N) is 1. The van der Waals surface area contributed by atoms with E-state index in [1.54, 1.807) is 12.1 Å². The molecule has 0 radical (unpaired) electrons. The van der Waals surface area contributed by atoms with Crippen LogP contribution in [0.3, 0.4) is 0 Å². The van der Waals surface area contributed by atoms with Gasteiger partial charge in [0.1, 0.15) is 0 Å². The summed E-state index contributed by atoms with van der Waals surface area (Å²) in [6.07, 6.45) is 4.20. The number of amides is 1. The Kier molecular flexibility index (Phi) is 3.61. The summed E-state index contributed by atoms with van der Waals surface area (Å²) in [6, 6.07) is 13.4. The average Bonchev–Trinajstić information content (AvgIpc) is 2.92. The number of carbonyl (C=O) groups excluding carboxylic acids is 1. The number of hydrogen-bond donors (Lipinski definition) is 1. The molecule has 0 bridgehead atoms. The second-order valence-corrected chi connectivity index (χ2v) is 5.34. The topological polar surface area (TPSA) is 32.3 Å². The van der Waals surface area contributed by atoms with Gasteiger partial charge in [0, 0.05) is 5.02 Å². The zero-order valence-corrected chi connectivity index (χ0v) is 11.7. The number of benzene rings is 2. The average molecular weight is 287 g/mol. The molecule has 3 nitrogen and oxygen atoms in total. The number of nitrogens with one attached hydrogen (secondary N) is 1. The van der Waals surface area contributed by atoms with Crippen molar-refractivity contribution in [2.75, 3.05) is 10.4 Å². The van der Waals surface area contributed by atoms with Crippen LogP contribution >= 0.6 is 11.6 Å². The summed E-state index contributed by atoms with van der Waals surface area (Å²) in [5.74, 6) is 0. The molecule has 1 aliphatic rings. The first-order valence-electron chi connectivity index (χ1n) is 6.65. The Bertz CT molecular complexity index is 642. The van der Waals surface area contributed by atoms with Gasteiger partial charge in [-0.05, 0) is 60.7 Å². The summed E-state index contributed by atoms with van der Waals surface area (Å²) >= 11 is 5.95. The zero-order valence-electron chi connectivity index (χ0n) is 11.0. The van der Waals surface area contributed by atoms with Gasteiger partial charge < -0.3 is 0 Å². The van der Waals surface area contributed by atoms with Crippen molar-refractivity contribution in [3.05, 3.63) is 58.6 Å². The lowest BCUT2D eigenvalue weighted by Gasteiger charge is -2.20. The Morgan fingerprint density at radius 3 is 2.75 bits per heavy atom. The van der Waals surface area contributed by atoms with Crippen LogP contribution in [-0.2, 0) is 17.6 Å². The van der Waals surface area contributed by atoms with Gasteiger partial charge in [-0.25, -0.2) is 5.01 Å². The number of aryl methyl sites for hydroxylation is 2. The van der Waals surface area contributed by atoms with E-state index in [2.05, 4.69) is 17.6 Å². The molecule has 2 aromatic rings. The van der Waals surface area contributed by atoms with E-state index in [0.29, 0.717) is 5.02 Å². The maximum Gasteiger partial charge on any atom is 0.232 e. The fourth-order valence-corrected chi connectivity index (χ4v) is 2.75. The highest BCUT2D eigenvalue weighted by Crippen LogP contribution is 2.27. The Hall–Kier alpha value is -2.00. The fourth-order valence-electron chi connectivity index (χ4n) is 2.56. The molecule has 0 atom stereocenters. The number of rotatable bonds is 4. The van der Waals surface area contributed by atoms with Crippen molar-refractivity contribution in [1.29, 1.82) is 0 Å². The van der Waals surface area contributed by atoms with Crippen LogP contribution in [0.4, 0.5) is 11.4 Å². The van der Waals surface area contributed by atoms with E-state index in [9.17, 15) is 4.79 Å². The number of anilines is 2.